The van der Waals surface area contributed by atoms with Crippen molar-refractivity contribution in [2.75, 3.05) is 12.4 Å². The Kier molecular flexibility index (Phi) is 4.10. The maximum atomic E-state index is 11.2. The van der Waals surface area contributed by atoms with E-state index >= 15 is 0 Å². The molecule has 0 amide bonds. The Morgan fingerprint density at radius 3 is 3.06 bits per heavy atom. The first-order chi connectivity index (χ1) is 8.59. The van der Waals surface area contributed by atoms with Gasteiger partial charge < -0.3 is 10.4 Å². The van der Waals surface area contributed by atoms with E-state index in [-0.39, 0.29) is 18.4 Å². The highest BCUT2D eigenvalue weighted by Gasteiger charge is 2.21. The molecule has 1 aromatic heterocycles. The van der Waals surface area contributed by atoms with Crippen LogP contribution in [0.4, 0.5) is 0 Å². The van der Waals surface area contributed by atoms with Gasteiger partial charge in [0, 0.05) is 37.3 Å². The molecule has 0 aromatic carbocycles. The van der Waals surface area contributed by atoms with Crippen LogP contribution in [0.3, 0.4) is 0 Å². The van der Waals surface area contributed by atoms with Gasteiger partial charge >= 0.3 is 0 Å². The molecule has 8 heteroatoms. The molecule has 0 spiro atoms. The van der Waals surface area contributed by atoms with E-state index in [4.69, 9.17) is 5.11 Å². The zero-order valence-electron chi connectivity index (χ0n) is 9.86. The fourth-order valence-electron chi connectivity index (χ4n) is 1.70. The fraction of sp³-hybridized carbons (Fsp3) is 0.600. The summed E-state index contributed by atoms with van der Waals surface area (Å²) in [5, 5.41) is 20.9. The van der Waals surface area contributed by atoms with Gasteiger partial charge in [0.25, 0.3) is 0 Å². The molecule has 18 heavy (non-hydrogen) atoms. The predicted molar refractivity (Wildman–Crippen MR) is 65.3 cm³/mol. The van der Waals surface area contributed by atoms with Crippen molar-refractivity contribution in [3.63, 3.8) is 0 Å². The molecule has 1 unspecified atom stereocenters. The van der Waals surface area contributed by atoms with Crippen molar-refractivity contribution in [2.45, 2.75) is 25.6 Å². The average Bonchev–Trinajstić information content (AvgIpc) is 2.90. The molecule has 0 aliphatic carbocycles. The first-order valence-corrected chi connectivity index (χ1v) is 7.45. The average molecular weight is 272 g/mol. The largest absolute Gasteiger partial charge is 0.396 e. The monoisotopic (exact) mass is 272 g/mol. The van der Waals surface area contributed by atoms with Crippen LogP contribution in [0.15, 0.2) is 17.7 Å². The number of aromatic nitrogens is 3. The van der Waals surface area contributed by atoms with Crippen molar-refractivity contribution < 1.29 is 13.5 Å². The lowest BCUT2D eigenvalue weighted by atomic mass is 10.3. The third kappa shape index (κ3) is 3.62. The molecule has 7 nitrogen and oxygen atoms in total. The van der Waals surface area contributed by atoms with Crippen LogP contribution in [0.1, 0.15) is 12.1 Å². The molecule has 0 saturated heterocycles. The van der Waals surface area contributed by atoms with E-state index in [9.17, 15) is 8.42 Å². The second kappa shape index (κ2) is 5.59. The summed E-state index contributed by atoms with van der Waals surface area (Å²) in [7, 11) is -3.02. The summed E-state index contributed by atoms with van der Waals surface area (Å²) in [6.07, 6.45) is 4.07. The number of nitrogens with one attached hydrogen (secondary N) is 1. The lowest BCUT2D eigenvalue weighted by Crippen LogP contribution is -2.29. The number of hydrogen-bond donors (Lipinski definition) is 2. The van der Waals surface area contributed by atoms with E-state index in [2.05, 4.69) is 15.6 Å². The normalized spacial score (nSPS) is 21.5. The number of hydrogen-bond acceptors (Lipinski definition) is 6. The van der Waals surface area contributed by atoms with Crippen LogP contribution < -0.4 is 5.32 Å². The molecule has 1 atom stereocenters. The predicted octanol–water partition coefficient (Wildman–Crippen LogP) is -0.939. The van der Waals surface area contributed by atoms with E-state index in [0.29, 0.717) is 19.5 Å². The minimum atomic E-state index is -3.02. The van der Waals surface area contributed by atoms with Gasteiger partial charge in [-0.1, -0.05) is 11.3 Å². The first-order valence-electron chi connectivity index (χ1n) is 5.73. The van der Waals surface area contributed by atoms with Crippen molar-refractivity contribution in [3.05, 3.63) is 23.4 Å². The van der Waals surface area contributed by atoms with Gasteiger partial charge in [-0.2, -0.15) is 0 Å². The van der Waals surface area contributed by atoms with Crippen molar-refractivity contribution in [2.24, 2.45) is 0 Å². The molecule has 1 aliphatic rings. The topological polar surface area (TPSA) is 97.1 Å². The molecule has 2 heterocycles. The number of rotatable bonds is 6. The van der Waals surface area contributed by atoms with Gasteiger partial charge in [-0.05, 0) is 6.42 Å². The second-order valence-corrected chi connectivity index (χ2v) is 6.13. The maximum absolute atomic E-state index is 11.2. The number of aliphatic hydroxyl groups is 1. The summed E-state index contributed by atoms with van der Waals surface area (Å²) < 4.78 is 24.0. The van der Waals surface area contributed by atoms with Crippen LogP contribution in [0.2, 0.25) is 0 Å². The quantitative estimate of drug-likeness (QED) is 0.694. The Balaban J connectivity index is 1.80. The Morgan fingerprint density at radius 2 is 2.39 bits per heavy atom. The van der Waals surface area contributed by atoms with Crippen LogP contribution in [-0.2, 0) is 22.9 Å². The molecule has 0 saturated carbocycles. The Labute approximate surface area is 105 Å². The van der Waals surface area contributed by atoms with Gasteiger partial charge in [0.2, 0.25) is 0 Å². The molecule has 1 aliphatic heterocycles. The highest BCUT2D eigenvalue weighted by Crippen LogP contribution is 2.08. The minimum Gasteiger partial charge on any atom is -0.396 e. The molecule has 2 rings (SSSR count). The second-order valence-electron chi connectivity index (χ2n) is 4.20. The van der Waals surface area contributed by atoms with Gasteiger partial charge in [0.05, 0.1) is 11.4 Å². The number of aliphatic hydroxyl groups excluding tert-OH is 1. The van der Waals surface area contributed by atoms with E-state index < -0.39 is 9.84 Å². The zero-order chi connectivity index (χ0) is 13.0. The number of aryl methyl sites for hydroxylation is 1. The number of sulfone groups is 1. The summed E-state index contributed by atoms with van der Waals surface area (Å²) in [5.41, 5.74) is 0.755. The maximum Gasteiger partial charge on any atom is 0.173 e. The SMILES string of the molecule is O=S1(=O)C=CC(NCc2cn(CCCO)nn2)C1. The lowest BCUT2D eigenvalue weighted by Gasteiger charge is -2.06. The van der Waals surface area contributed by atoms with Crippen LogP contribution in [0.25, 0.3) is 0 Å². The van der Waals surface area contributed by atoms with Crippen molar-refractivity contribution >= 4 is 9.84 Å². The van der Waals surface area contributed by atoms with Gasteiger partial charge in [-0.15, -0.1) is 5.10 Å². The van der Waals surface area contributed by atoms with E-state index in [1.807, 2.05) is 0 Å². The summed E-state index contributed by atoms with van der Waals surface area (Å²) in [6, 6.07) is -0.155. The number of nitrogens with zero attached hydrogens (tertiary/aromatic N) is 3. The van der Waals surface area contributed by atoms with Crippen LogP contribution in [0.5, 0.6) is 0 Å². The van der Waals surface area contributed by atoms with Gasteiger partial charge in [0.15, 0.2) is 9.84 Å². The van der Waals surface area contributed by atoms with Gasteiger partial charge in [0.1, 0.15) is 0 Å². The van der Waals surface area contributed by atoms with E-state index in [0.717, 1.165) is 5.69 Å². The van der Waals surface area contributed by atoms with Crippen molar-refractivity contribution in [1.82, 2.24) is 20.3 Å². The summed E-state index contributed by atoms with van der Waals surface area (Å²) in [4.78, 5) is 0. The Morgan fingerprint density at radius 1 is 1.56 bits per heavy atom. The van der Waals surface area contributed by atoms with Gasteiger partial charge in [-0.3, -0.25) is 4.68 Å². The Bertz CT molecular complexity index is 523. The molecular weight excluding hydrogens is 256 g/mol. The first kappa shape index (κ1) is 13.2. The standard InChI is InChI=1S/C10H16N4O3S/c15-4-1-3-14-7-10(12-13-14)6-11-9-2-5-18(16,17)8-9/h2,5,7,9,11,15H,1,3-4,6,8H2. The molecule has 2 N–H and O–H groups in total. The van der Waals surface area contributed by atoms with Crippen molar-refractivity contribution in [3.8, 4) is 0 Å². The zero-order valence-corrected chi connectivity index (χ0v) is 10.7. The fourth-order valence-corrected chi connectivity index (χ4v) is 2.97. The summed E-state index contributed by atoms with van der Waals surface area (Å²) >= 11 is 0. The third-order valence-electron chi connectivity index (χ3n) is 2.61. The molecule has 1 aromatic rings. The third-order valence-corrected chi connectivity index (χ3v) is 4.00. The molecule has 0 bridgehead atoms. The minimum absolute atomic E-state index is 0.103. The molecule has 0 radical (unpaired) electrons. The summed E-state index contributed by atoms with van der Waals surface area (Å²) in [5.74, 6) is 0.103. The molecule has 100 valence electrons. The van der Waals surface area contributed by atoms with E-state index in [1.54, 1.807) is 17.0 Å². The van der Waals surface area contributed by atoms with Gasteiger partial charge in [-0.25, -0.2) is 8.42 Å². The molecular formula is C10H16N4O3S. The van der Waals surface area contributed by atoms with Crippen LogP contribution in [-0.4, -0.2) is 46.9 Å². The lowest BCUT2D eigenvalue weighted by molar-refractivity contribution is 0.276. The van der Waals surface area contributed by atoms with Crippen LogP contribution in [0, 0.1) is 0 Å². The summed E-state index contributed by atoms with van der Waals surface area (Å²) in [6.45, 7) is 1.23. The van der Waals surface area contributed by atoms with E-state index in [1.165, 1.54) is 5.41 Å². The Hall–Kier alpha value is -1.25. The van der Waals surface area contributed by atoms with Crippen molar-refractivity contribution in [1.29, 1.82) is 0 Å². The highest BCUT2D eigenvalue weighted by molar-refractivity contribution is 7.94. The van der Waals surface area contributed by atoms with Crippen LogP contribution >= 0.6 is 0 Å². The highest BCUT2D eigenvalue weighted by atomic mass is 32.2. The smallest absolute Gasteiger partial charge is 0.173 e. The molecule has 0 fully saturated rings.